The molecule has 6 nitrogen and oxygen atoms in total. The molecule has 0 aromatic heterocycles. The number of allylic oxidation sites excluding steroid dienone is 3. The Kier molecular flexibility index (Phi) is 15.5. The van der Waals surface area contributed by atoms with Gasteiger partial charge in [0.05, 0.1) is 32.9 Å². The fourth-order valence-electron chi connectivity index (χ4n) is 3.10. The maximum atomic E-state index is 12.9. The Labute approximate surface area is 259 Å². The number of hydrogen-bond donors (Lipinski definition) is 3. The highest BCUT2D eigenvalue weighted by Gasteiger charge is 2.20. The van der Waals surface area contributed by atoms with Gasteiger partial charge in [0, 0.05) is 17.6 Å². The summed E-state index contributed by atoms with van der Waals surface area (Å²) in [6, 6.07) is 7.63. The number of carbonyl (C=O) groups excluding carboxylic acids is 2. The van der Waals surface area contributed by atoms with E-state index >= 15 is 0 Å². The second-order valence-corrected chi connectivity index (χ2v) is 13.0. The highest BCUT2D eigenvalue weighted by molar-refractivity contribution is 14.1. The summed E-state index contributed by atoms with van der Waals surface area (Å²) in [5, 5.41) is 19.3. The second kappa shape index (κ2) is 17.4. The zero-order valence-electron chi connectivity index (χ0n) is 22.6. The minimum atomic E-state index is -0.477. The number of nitrogens with one attached hydrogen (secondary N) is 3. The number of amides is 2. The molecule has 0 radical (unpaired) electrons. The lowest BCUT2D eigenvalue weighted by Gasteiger charge is -2.19. The van der Waals surface area contributed by atoms with Gasteiger partial charge in [0.2, 0.25) is 0 Å². The van der Waals surface area contributed by atoms with Crippen LogP contribution < -0.4 is 5.32 Å². The largest absolute Gasteiger partial charge is 0.301 e. The van der Waals surface area contributed by atoms with Gasteiger partial charge in [0.15, 0.2) is 5.17 Å². The molecule has 0 aliphatic heterocycles. The van der Waals surface area contributed by atoms with Crippen LogP contribution in [0, 0.1) is 17.7 Å². The van der Waals surface area contributed by atoms with E-state index < -0.39 is 5.91 Å². The Balaban J connectivity index is 2.36. The van der Waals surface area contributed by atoms with Crippen LogP contribution in [0.15, 0.2) is 89.9 Å². The fourth-order valence-corrected chi connectivity index (χ4v) is 6.18. The summed E-state index contributed by atoms with van der Waals surface area (Å²) in [5.74, 6) is 0.798. The highest BCUT2D eigenvalue weighted by Crippen LogP contribution is 2.33. The van der Waals surface area contributed by atoms with Crippen molar-refractivity contribution in [2.75, 3.05) is 11.5 Å². The molecule has 39 heavy (non-hydrogen) atoms. The van der Waals surface area contributed by atoms with Gasteiger partial charge in [-0.1, -0.05) is 80.6 Å². The monoisotopic (exact) mass is 694 g/mol. The lowest BCUT2D eigenvalue weighted by molar-refractivity contribution is -0.118. The molecule has 1 rings (SSSR count). The predicted octanol–water partition coefficient (Wildman–Crippen LogP) is 8.26. The topological polar surface area (TPSA) is 97.1 Å². The van der Waals surface area contributed by atoms with E-state index in [1.807, 2.05) is 67.9 Å². The maximum absolute atomic E-state index is 12.9. The minimum absolute atomic E-state index is 0.111. The molecular formula is C29H35IN4O2S3. The number of carbonyl (C=O) groups is 2. The van der Waals surface area contributed by atoms with Gasteiger partial charge < -0.3 is 5.32 Å². The molecule has 0 bridgehead atoms. The van der Waals surface area contributed by atoms with E-state index in [0.717, 1.165) is 45.5 Å². The molecule has 0 heterocycles. The number of thioether (sulfide) groups is 3. The summed E-state index contributed by atoms with van der Waals surface area (Å²) in [7, 11) is 0. The van der Waals surface area contributed by atoms with Crippen molar-refractivity contribution < 1.29 is 9.59 Å². The van der Waals surface area contributed by atoms with Crippen LogP contribution in [0.5, 0.6) is 0 Å². The summed E-state index contributed by atoms with van der Waals surface area (Å²) in [6.07, 6.45) is 2.76. The molecule has 0 saturated heterocycles. The third-order valence-corrected chi connectivity index (χ3v) is 9.18. The van der Waals surface area contributed by atoms with Crippen LogP contribution in [0.4, 0.5) is 0 Å². The Morgan fingerprint density at radius 3 is 2.26 bits per heavy atom. The molecule has 0 saturated carbocycles. The van der Waals surface area contributed by atoms with Gasteiger partial charge in [-0.2, -0.15) is 11.8 Å². The lowest BCUT2D eigenvalue weighted by atomic mass is 10.0. The first-order chi connectivity index (χ1) is 18.3. The van der Waals surface area contributed by atoms with Crippen LogP contribution in [-0.2, 0) is 9.59 Å². The summed E-state index contributed by atoms with van der Waals surface area (Å²) in [4.78, 5) is 26.0. The lowest BCUT2D eigenvalue weighted by Crippen LogP contribution is -2.30. The number of nitrogens with zero attached hydrogens (tertiary/aromatic N) is 1. The van der Waals surface area contributed by atoms with E-state index in [1.165, 1.54) is 14.9 Å². The van der Waals surface area contributed by atoms with Crippen molar-refractivity contribution >= 4 is 85.7 Å². The number of rotatable bonds is 14. The average molecular weight is 695 g/mol. The second-order valence-electron chi connectivity index (χ2n) is 8.43. The van der Waals surface area contributed by atoms with Crippen molar-refractivity contribution in [3.05, 3.63) is 101 Å². The van der Waals surface area contributed by atoms with Crippen LogP contribution in [0.2, 0.25) is 0 Å². The molecule has 0 atom stereocenters. The number of halogens is 1. The molecular weight excluding hydrogens is 659 g/mol. The highest BCUT2D eigenvalue weighted by atomic mass is 127. The van der Waals surface area contributed by atoms with E-state index in [2.05, 4.69) is 38.2 Å². The number of amidine groups is 1. The first-order valence-corrected chi connectivity index (χ1v) is 15.6. The summed E-state index contributed by atoms with van der Waals surface area (Å²) in [6.45, 7) is 25.2. The smallest absolute Gasteiger partial charge is 0.267 e. The predicted molar refractivity (Wildman–Crippen MR) is 182 cm³/mol. The van der Waals surface area contributed by atoms with E-state index in [4.69, 9.17) is 10.8 Å². The standard InChI is InChI=1S/C29H35IN4O2S3/c1-9-24(18(2)3)21(6)27(35)33-29(32)39-26(31)15-17-37-16-14-20(5)38-23(8)34(30)28(36)22(7)25-13-11-10-12-19(25)4/h9-13,31H,1,5-8,14-17H2,2-4H3,(H2,32,33,35). The Morgan fingerprint density at radius 2 is 1.67 bits per heavy atom. The molecule has 0 aliphatic rings. The van der Waals surface area contributed by atoms with Crippen molar-refractivity contribution in [3.63, 3.8) is 0 Å². The summed E-state index contributed by atoms with van der Waals surface area (Å²) >= 11 is 5.88. The molecule has 0 fully saturated rings. The molecule has 2 amide bonds. The fraction of sp³-hybridized carbons (Fsp3) is 0.241. The van der Waals surface area contributed by atoms with Crippen molar-refractivity contribution in [3.8, 4) is 0 Å². The molecule has 1 aromatic carbocycles. The van der Waals surface area contributed by atoms with E-state index in [9.17, 15) is 9.59 Å². The minimum Gasteiger partial charge on any atom is -0.301 e. The molecule has 0 unspecified atom stereocenters. The van der Waals surface area contributed by atoms with E-state index in [1.54, 1.807) is 17.8 Å². The van der Waals surface area contributed by atoms with Crippen LogP contribution in [0.25, 0.3) is 5.57 Å². The number of hydrogen-bond acceptors (Lipinski definition) is 7. The zero-order valence-corrected chi connectivity index (χ0v) is 27.2. The van der Waals surface area contributed by atoms with Gasteiger partial charge in [0.1, 0.15) is 0 Å². The quantitative estimate of drug-likeness (QED) is 0.0347. The van der Waals surface area contributed by atoms with Crippen LogP contribution in [0.3, 0.4) is 0 Å². The van der Waals surface area contributed by atoms with Crippen molar-refractivity contribution in [2.45, 2.75) is 33.6 Å². The zero-order chi connectivity index (χ0) is 29.7. The van der Waals surface area contributed by atoms with Crippen LogP contribution in [0.1, 0.15) is 37.8 Å². The van der Waals surface area contributed by atoms with E-state index in [-0.39, 0.29) is 16.6 Å². The molecule has 0 aliphatic carbocycles. The Morgan fingerprint density at radius 1 is 1.05 bits per heavy atom. The molecule has 1 aromatic rings. The van der Waals surface area contributed by atoms with Gasteiger partial charge in [0.25, 0.3) is 11.8 Å². The SMILES string of the molecule is C=CC(C(=C)C(=O)NC(=N)SC(=N)CCSCCC(=C)SC(=C)N(I)C(=O)C(=C)c1ccccc1C)=C(C)C. The van der Waals surface area contributed by atoms with Gasteiger partial charge >= 0.3 is 0 Å². The van der Waals surface area contributed by atoms with E-state index in [0.29, 0.717) is 33.4 Å². The number of benzene rings is 1. The number of aryl methyl sites for hydroxylation is 1. The molecule has 10 heteroatoms. The first kappa shape index (κ1) is 34.7. The average Bonchev–Trinajstić information content (AvgIpc) is 2.87. The van der Waals surface area contributed by atoms with Crippen LogP contribution >= 0.6 is 58.2 Å². The van der Waals surface area contributed by atoms with Crippen molar-refractivity contribution in [2.24, 2.45) is 0 Å². The molecule has 208 valence electrons. The molecule has 0 spiro atoms. The maximum Gasteiger partial charge on any atom is 0.267 e. The Hall–Kier alpha value is -2.28. The molecule has 3 N–H and O–H groups in total. The third-order valence-electron chi connectivity index (χ3n) is 5.18. The first-order valence-electron chi connectivity index (χ1n) is 11.8. The normalized spacial score (nSPS) is 10.2. The van der Waals surface area contributed by atoms with Crippen molar-refractivity contribution in [1.82, 2.24) is 8.43 Å². The third kappa shape index (κ3) is 11.8. The summed E-state index contributed by atoms with van der Waals surface area (Å²) in [5.41, 5.74) is 4.01. The van der Waals surface area contributed by atoms with Crippen LogP contribution in [-0.4, -0.2) is 36.6 Å². The van der Waals surface area contributed by atoms with Gasteiger partial charge in [-0.15, -0.1) is 0 Å². The Bertz CT molecular complexity index is 1230. The van der Waals surface area contributed by atoms with Gasteiger partial charge in [-0.05, 0) is 72.1 Å². The van der Waals surface area contributed by atoms with Crippen molar-refractivity contribution in [1.29, 1.82) is 10.8 Å². The van der Waals surface area contributed by atoms with Gasteiger partial charge in [-0.25, -0.2) is 3.11 Å². The van der Waals surface area contributed by atoms with Gasteiger partial charge in [-0.3, -0.25) is 20.4 Å². The summed E-state index contributed by atoms with van der Waals surface area (Å²) < 4.78 is 1.47.